The van der Waals surface area contributed by atoms with Crippen LogP contribution < -0.4 is 4.72 Å². The predicted octanol–water partition coefficient (Wildman–Crippen LogP) is 2.24. The average molecular weight is 323 g/mol. The summed E-state index contributed by atoms with van der Waals surface area (Å²) in [6.45, 7) is 2.29. The standard InChI is InChI=1S/C13H20ClFN2O2S/c1-4-12(17(2)3)8-16-20(18,19)9-10-5-6-11(14)7-13(10)15/h5-7,12,16H,4,8-9H2,1-3H3. The fraction of sp³-hybridized carbons (Fsp3) is 0.538. The molecule has 0 spiro atoms. The summed E-state index contributed by atoms with van der Waals surface area (Å²) in [5.74, 6) is -0.998. The molecule has 0 aliphatic carbocycles. The van der Waals surface area contributed by atoms with Crippen molar-refractivity contribution in [1.82, 2.24) is 9.62 Å². The third kappa shape index (κ3) is 5.36. The summed E-state index contributed by atoms with van der Waals surface area (Å²) in [5, 5.41) is 0.246. The van der Waals surface area contributed by atoms with Crippen molar-refractivity contribution in [1.29, 1.82) is 0 Å². The van der Waals surface area contributed by atoms with Gasteiger partial charge in [-0.15, -0.1) is 0 Å². The molecule has 0 fully saturated rings. The summed E-state index contributed by atoms with van der Waals surface area (Å²) in [5.41, 5.74) is 0.111. The van der Waals surface area contributed by atoms with Crippen molar-refractivity contribution < 1.29 is 12.8 Å². The van der Waals surface area contributed by atoms with Crippen LogP contribution >= 0.6 is 11.6 Å². The first-order chi connectivity index (χ1) is 9.25. The lowest BCUT2D eigenvalue weighted by Gasteiger charge is -2.23. The van der Waals surface area contributed by atoms with Gasteiger partial charge in [0.25, 0.3) is 0 Å². The molecule has 1 aromatic rings. The van der Waals surface area contributed by atoms with Crippen LogP contribution in [-0.2, 0) is 15.8 Å². The van der Waals surface area contributed by atoms with Crippen molar-refractivity contribution in [2.24, 2.45) is 0 Å². The number of likely N-dealkylation sites (N-methyl/N-ethyl adjacent to an activating group) is 1. The summed E-state index contributed by atoms with van der Waals surface area (Å²) < 4.78 is 40.0. The first-order valence-corrected chi connectivity index (χ1v) is 8.36. The Morgan fingerprint density at radius 3 is 2.55 bits per heavy atom. The van der Waals surface area contributed by atoms with Crippen LogP contribution in [0.4, 0.5) is 4.39 Å². The lowest BCUT2D eigenvalue weighted by Crippen LogP contribution is -2.40. The SMILES string of the molecule is CCC(CNS(=O)(=O)Cc1ccc(Cl)cc1F)N(C)C. The Labute approximate surface area is 125 Å². The number of hydrogen-bond donors (Lipinski definition) is 1. The molecule has 1 atom stereocenters. The van der Waals surface area contributed by atoms with Crippen molar-refractivity contribution in [2.75, 3.05) is 20.6 Å². The van der Waals surface area contributed by atoms with Gasteiger partial charge in [-0.3, -0.25) is 0 Å². The molecular formula is C13H20ClFN2O2S. The molecule has 4 nitrogen and oxygen atoms in total. The maximum atomic E-state index is 13.6. The fourth-order valence-corrected chi connectivity index (χ4v) is 3.16. The van der Waals surface area contributed by atoms with E-state index < -0.39 is 15.8 Å². The van der Waals surface area contributed by atoms with Gasteiger partial charge in [-0.2, -0.15) is 0 Å². The maximum absolute atomic E-state index is 13.6. The molecule has 114 valence electrons. The van der Waals surface area contributed by atoms with Crippen molar-refractivity contribution in [3.63, 3.8) is 0 Å². The molecule has 1 unspecified atom stereocenters. The monoisotopic (exact) mass is 322 g/mol. The Bertz CT molecular complexity index is 549. The van der Waals surface area contributed by atoms with E-state index in [2.05, 4.69) is 4.72 Å². The minimum Gasteiger partial charge on any atom is -0.305 e. The van der Waals surface area contributed by atoms with Crippen LogP contribution in [0, 0.1) is 5.82 Å². The zero-order valence-electron chi connectivity index (χ0n) is 11.9. The fourth-order valence-electron chi connectivity index (χ4n) is 1.81. The number of halogens is 2. The Balaban J connectivity index is 2.70. The second-order valence-electron chi connectivity index (χ2n) is 4.87. The van der Waals surface area contributed by atoms with Gasteiger partial charge in [0.15, 0.2) is 0 Å². The second-order valence-corrected chi connectivity index (χ2v) is 7.11. The van der Waals surface area contributed by atoms with Crippen LogP contribution in [0.15, 0.2) is 18.2 Å². The van der Waals surface area contributed by atoms with Gasteiger partial charge in [-0.1, -0.05) is 24.6 Å². The molecule has 0 aliphatic heterocycles. The van der Waals surface area contributed by atoms with Crippen LogP contribution in [0.25, 0.3) is 0 Å². The molecule has 20 heavy (non-hydrogen) atoms. The van der Waals surface area contributed by atoms with E-state index in [9.17, 15) is 12.8 Å². The van der Waals surface area contributed by atoms with Gasteiger partial charge in [-0.25, -0.2) is 17.5 Å². The van der Waals surface area contributed by atoms with Crippen LogP contribution in [-0.4, -0.2) is 40.0 Å². The molecule has 0 saturated heterocycles. The van der Waals surface area contributed by atoms with E-state index in [0.717, 1.165) is 12.5 Å². The van der Waals surface area contributed by atoms with Crippen molar-refractivity contribution in [2.45, 2.75) is 25.1 Å². The number of benzene rings is 1. The molecule has 0 amide bonds. The first kappa shape index (κ1) is 17.4. The molecule has 1 N–H and O–H groups in total. The van der Waals surface area contributed by atoms with Gasteiger partial charge < -0.3 is 4.90 Å². The molecule has 7 heteroatoms. The van der Waals surface area contributed by atoms with Crippen molar-refractivity contribution in [3.05, 3.63) is 34.6 Å². The lowest BCUT2D eigenvalue weighted by atomic mass is 10.2. The minimum atomic E-state index is -3.57. The van der Waals surface area contributed by atoms with E-state index in [4.69, 9.17) is 11.6 Å². The highest BCUT2D eigenvalue weighted by Gasteiger charge is 2.17. The zero-order valence-corrected chi connectivity index (χ0v) is 13.4. The van der Waals surface area contributed by atoms with Gasteiger partial charge in [0.2, 0.25) is 10.0 Å². The quantitative estimate of drug-likeness (QED) is 0.837. The highest BCUT2D eigenvalue weighted by atomic mass is 35.5. The second kappa shape index (κ2) is 7.36. The minimum absolute atomic E-state index is 0.111. The summed E-state index contributed by atoms with van der Waals surface area (Å²) in [6, 6.07) is 4.09. The third-order valence-corrected chi connectivity index (χ3v) is 4.63. The van der Waals surface area contributed by atoms with E-state index in [0.29, 0.717) is 6.54 Å². The topological polar surface area (TPSA) is 49.4 Å². The predicted molar refractivity (Wildman–Crippen MR) is 79.8 cm³/mol. The van der Waals surface area contributed by atoms with Crippen LogP contribution in [0.5, 0.6) is 0 Å². The number of nitrogens with one attached hydrogen (secondary N) is 1. The van der Waals surface area contributed by atoms with Gasteiger partial charge in [0, 0.05) is 23.2 Å². The number of nitrogens with zero attached hydrogens (tertiary/aromatic N) is 1. The molecule has 0 aliphatic rings. The molecule has 0 bridgehead atoms. The molecule has 0 radical (unpaired) electrons. The summed E-state index contributed by atoms with van der Waals surface area (Å²) >= 11 is 5.63. The van der Waals surface area contributed by atoms with E-state index in [1.54, 1.807) is 0 Å². The number of hydrogen-bond acceptors (Lipinski definition) is 3. The Morgan fingerprint density at radius 1 is 1.40 bits per heavy atom. The molecule has 0 aromatic heterocycles. The summed E-state index contributed by atoms with van der Waals surface area (Å²) in [6.07, 6.45) is 0.824. The van der Waals surface area contributed by atoms with Crippen LogP contribution in [0.3, 0.4) is 0 Å². The molecule has 1 aromatic carbocycles. The maximum Gasteiger partial charge on any atom is 0.215 e. The highest BCUT2D eigenvalue weighted by molar-refractivity contribution is 7.88. The van der Waals surface area contributed by atoms with Gasteiger partial charge in [-0.05, 0) is 32.6 Å². The first-order valence-electron chi connectivity index (χ1n) is 6.33. The lowest BCUT2D eigenvalue weighted by molar-refractivity contribution is 0.286. The third-order valence-electron chi connectivity index (χ3n) is 3.10. The molecule has 1 rings (SSSR count). The summed E-state index contributed by atoms with van der Waals surface area (Å²) in [7, 11) is 0.212. The van der Waals surface area contributed by atoms with Gasteiger partial charge >= 0.3 is 0 Å². The van der Waals surface area contributed by atoms with Gasteiger partial charge in [0.05, 0.1) is 5.75 Å². The Morgan fingerprint density at radius 2 is 2.05 bits per heavy atom. The zero-order chi connectivity index (χ0) is 15.3. The smallest absolute Gasteiger partial charge is 0.215 e. The normalized spacial score (nSPS) is 13.7. The van der Waals surface area contributed by atoms with Crippen LogP contribution in [0.1, 0.15) is 18.9 Å². The van der Waals surface area contributed by atoms with E-state index in [-0.39, 0.29) is 22.4 Å². The van der Waals surface area contributed by atoms with Gasteiger partial charge in [0.1, 0.15) is 5.82 Å². The molecule has 0 heterocycles. The summed E-state index contributed by atoms with van der Waals surface area (Å²) in [4.78, 5) is 1.95. The largest absolute Gasteiger partial charge is 0.305 e. The molecule has 0 saturated carbocycles. The molecular weight excluding hydrogens is 303 g/mol. The Hall–Kier alpha value is -0.690. The van der Waals surface area contributed by atoms with Crippen LogP contribution in [0.2, 0.25) is 5.02 Å². The average Bonchev–Trinajstić information content (AvgIpc) is 2.33. The van der Waals surface area contributed by atoms with Crippen molar-refractivity contribution >= 4 is 21.6 Å². The highest BCUT2D eigenvalue weighted by Crippen LogP contribution is 2.16. The van der Waals surface area contributed by atoms with E-state index in [1.165, 1.54) is 12.1 Å². The van der Waals surface area contributed by atoms with E-state index >= 15 is 0 Å². The number of rotatable bonds is 7. The van der Waals surface area contributed by atoms with E-state index in [1.807, 2.05) is 25.9 Å². The van der Waals surface area contributed by atoms with Crippen molar-refractivity contribution in [3.8, 4) is 0 Å². The number of sulfonamides is 1. The Kier molecular flexibility index (Phi) is 6.39.